The van der Waals surface area contributed by atoms with E-state index in [-0.39, 0.29) is 5.82 Å². The first-order valence-electron chi connectivity index (χ1n) is 7.58. The van der Waals surface area contributed by atoms with Gasteiger partial charge in [0, 0.05) is 31.4 Å². The lowest BCUT2D eigenvalue weighted by Gasteiger charge is -2.17. The van der Waals surface area contributed by atoms with E-state index in [2.05, 4.69) is 40.5 Å². The second kappa shape index (κ2) is 6.72. The molecule has 2 aromatic rings. The van der Waals surface area contributed by atoms with Crippen molar-refractivity contribution in [3.63, 3.8) is 0 Å². The maximum absolute atomic E-state index is 13.2. The minimum Gasteiger partial charge on any atom is -0.381 e. The van der Waals surface area contributed by atoms with E-state index in [1.54, 1.807) is 12.1 Å². The Balaban J connectivity index is 1.47. The molecule has 1 atom stereocenters. The lowest BCUT2D eigenvalue weighted by molar-refractivity contribution is 0.340. The minimum atomic E-state index is -0.182. The van der Waals surface area contributed by atoms with Gasteiger partial charge in [-0.15, -0.1) is 0 Å². The molecule has 0 aromatic heterocycles. The summed E-state index contributed by atoms with van der Waals surface area (Å²) in [5.74, 6) is -0.182. The van der Waals surface area contributed by atoms with Crippen LogP contribution in [0.4, 0.5) is 10.1 Å². The fourth-order valence-electron chi connectivity index (χ4n) is 2.90. The SMILES string of the molecule is Fc1cccc(NC2CCN(CCc3ccccc3)C2)c1. The molecule has 0 aliphatic carbocycles. The number of nitrogens with one attached hydrogen (secondary N) is 1. The highest BCUT2D eigenvalue weighted by Crippen LogP contribution is 2.17. The van der Waals surface area contributed by atoms with Gasteiger partial charge in [-0.3, -0.25) is 0 Å². The fraction of sp³-hybridized carbons (Fsp3) is 0.333. The Kier molecular flexibility index (Phi) is 4.51. The third kappa shape index (κ3) is 4.05. The van der Waals surface area contributed by atoms with Gasteiger partial charge in [0.15, 0.2) is 0 Å². The molecule has 1 saturated heterocycles. The van der Waals surface area contributed by atoms with Crippen molar-refractivity contribution in [2.75, 3.05) is 25.0 Å². The zero-order valence-electron chi connectivity index (χ0n) is 12.1. The molecule has 21 heavy (non-hydrogen) atoms. The van der Waals surface area contributed by atoms with Gasteiger partial charge in [-0.25, -0.2) is 4.39 Å². The maximum Gasteiger partial charge on any atom is 0.125 e. The molecule has 110 valence electrons. The van der Waals surface area contributed by atoms with Crippen molar-refractivity contribution in [3.8, 4) is 0 Å². The normalized spacial score (nSPS) is 18.8. The number of likely N-dealkylation sites (tertiary alicyclic amines) is 1. The topological polar surface area (TPSA) is 15.3 Å². The largest absolute Gasteiger partial charge is 0.381 e. The smallest absolute Gasteiger partial charge is 0.125 e. The summed E-state index contributed by atoms with van der Waals surface area (Å²) in [6, 6.07) is 17.7. The molecule has 3 heteroatoms. The minimum absolute atomic E-state index is 0.182. The van der Waals surface area contributed by atoms with Gasteiger partial charge in [0.05, 0.1) is 0 Å². The molecule has 0 radical (unpaired) electrons. The Morgan fingerprint density at radius 2 is 1.95 bits per heavy atom. The Hall–Kier alpha value is -1.87. The average molecular weight is 284 g/mol. The highest BCUT2D eigenvalue weighted by atomic mass is 19.1. The molecule has 2 aromatic carbocycles. The first-order chi connectivity index (χ1) is 10.3. The number of hydrogen-bond acceptors (Lipinski definition) is 2. The van der Waals surface area contributed by atoms with E-state index in [1.165, 1.54) is 11.6 Å². The first-order valence-corrected chi connectivity index (χ1v) is 7.58. The Bertz CT molecular complexity index is 570. The van der Waals surface area contributed by atoms with Crippen LogP contribution in [-0.4, -0.2) is 30.6 Å². The van der Waals surface area contributed by atoms with E-state index in [0.29, 0.717) is 6.04 Å². The zero-order chi connectivity index (χ0) is 14.5. The highest BCUT2D eigenvalue weighted by Gasteiger charge is 2.21. The van der Waals surface area contributed by atoms with Crippen LogP contribution in [-0.2, 0) is 6.42 Å². The zero-order valence-corrected chi connectivity index (χ0v) is 12.1. The maximum atomic E-state index is 13.2. The Morgan fingerprint density at radius 3 is 2.76 bits per heavy atom. The van der Waals surface area contributed by atoms with Gasteiger partial charge in [0.2, 0.25) is 0 Å². The van der Waals surface area contributed by atoms with Gasteiger partial charge in [0.25, 0.3) is 0 Å². The molecule has 1 N–H and O–H groups in total. The van der Waals surface area contributed by atoms with E-state index in [9.17, 15) is 4.39 Å². The van der Waals surface area contributed by atoms with E-state index < -0.39 is 0 Å². The molecule has 0 bridgehead atoms. The van der Waals surface area contributed by atoms with Crippen LogP contribution in [0.15, 0.2) is 54.6 Å². The Morgan fingerprint density at radius 1 is 1.10 bits per heavy atom. The van der Waals surface area contributed by atoms with Crippen LogP contribution in [0.5, 0.6) is 0 Å². The summed E-state index contributed by atoms with van der Waals surface area (Å²) in [6.07, 6.45) is 2.21. The van der Waals surface area contributed by atoms with Crippen LogP contribution in [0.2, 0.25) is 0 Å². The Labute approximate surface area is 125 Å². The highest BCUT2D eigenvalue weighted by molar-refractivity contribution is 5.44. The van der Waals surface area contributed by atoms with Crippen molar-refractivity contribution in [1.29, 1.82) is 0 Å². The fourth-order valence-corrected chi connectivity index (χ4v) is 2.90. The van der Waals surface area contributed by atoms with Crippen molar-refractivity contribution < 1.29 is 4.39 Å². The number of anilines is 1. The van der Waals surface area contributed by atoms with Crippen LogP contribution < -0.4 is 5.32 Å². The van der Waals surface area contributed by atoms with E-state index in [1.807, 2.05) is 6.07 Å². The molecule has 1 aliphatic rings. The second-order valence-corrected chi connectivity index (χ2v) is 5.68. The number of benzene rings is 2. The van der Waals surface area contributed by atoms with E-state index in [0.717, 1.165) is 38.2 Å². The standard InChI is InChI=1S/C18H21FN2/c19-16-7-4-8-17(13-16)20-18-10-12-21(14-18)11-9-15-5-2-1-3-6-15/h1-8,13,18,20H,9-12,14H2. The molecule has 0 spiro atoms. The van der Waals surface area contributed by atoms with Gasteiger partial charge in [-0.1, -0.05) is 36.4 Å². The summed E-state index contributed by atoms with van der Waals surface area (Å²) >= 11 is 0. The number of hydrogen-bond donors (Lipinski definition) is 1. The summed E-state index contributed by atoms with van der Waals surface area (Å²) in [4.78, 5) is 2.48. The monoisotopic (exact) mass is 284 g/mol. The molecule has 0 saturated carbocycles. The molecule has 1 aliphatic heterocycles. The van der Waals surface area contributed by atoms with Crippen molar-refractivity contribution >= 4 is 5.69 Å². The van der Waals surface area contributed by atoms with Crippen molar-refractivity contribution in [1.82, 2.24) is 4.90 Å². The predicted molar refractivity (Wildman–Crippen MR) is 85.0 cm³/mol. The second-order valence-electron chi connectivity index (χ2n) is 5.68. The van der Waals surface area contributed by atoms with Crippen molar-refractivity contribution in [2.24, 2.45) is 0 Å². The van der Waals surface area contributed by atoms with Gasteiger partial charge in [-0.2, -0.15) is 0 Å². The van der Waals surface area contributed by atoms with Crippen molar-refractivity contribution in [3.05, 3.63) is 66.0 Å². The molecule has 3 rings (SSSR count). The van der Waals surface area contributed by atoms with Crippen LogP contribution >= 0.6 is 0 Å². The van der Waals surface area contributed by atoms with Gasteiger partial charge >= 0.3 is 0 Å². The summed E-state index contributed by atoms with van der Waals surface area (Å²) < 4.78 is 13.2. The summed E-state index contributed by atoms with van der Waals surface area (Å²) in [7, 11) is 0. The molecule has 1 fully saturated rings. The third-order valence-corrected chi connectivity index (χ3v) is 4.03. The molecular weight excluding hydrogens is 263 g/mol. The number of halogens is 1. The van der Waals surface area contributed by atoms with Crippen LogP contribution in [0.1, 0.15) is 12.0 Å². The van der Waals surface area contributed by atoms with Crippen LogP contribution in [0.25, 0.3) is 0 Å². The molecule has 1 heterocycles. The summed E-state index contributed by atoms with van der Waals surface area (Å²) in [5.41, 5.74) is 2.27. The summed E-state index contributed by atoms with van der Waals surface area (Å²) in [5, 5.41) is 3.43. The van der Waals surface area contributed by atoms with Gasteiger partial charge in [-0.05, 0) is 36.6 Å². The van der Waals surface area contributed by atoms with E-state index in [4.69, 9.17) is 0 Å². The molecular formula is C18H21FN2. The van der Waals surface area contributed by atoms with Gasteiger partial charge in [0.1, 0.15) is 5.82 Å². The number of nitrogens with zero attached hydrogens (tertiary/aromatic N) is 1. The lowest BCUT2D eigenvalue weighted by atomic mass is 10.1. The molecule has 1 unspecified atom stereocenters. The molecule has 2 nitrogen and oxygen atoms in total. The quantitative estimate of drug-likeness (QED) is 0.903. The summed E-state index contributed by atoms with van der Waals surface area (Å²) in [6.45, 7) is 3.23. The number of rotatable bonds is 5. The molecule has 0 amide bonds. The third-order valence-electron chi connectivity index (χ3n) is 4.03. The first kappa shape index (κ1) is 14.1. The van der Waals surface area contributed by atoms with Crippen LogP contribution in [0, 0.1) is 5.82 Å². The van der Waals surface area contributed by atoms with E-state index >= 15 is 0 Å². The van der Waals surface area contributed by atoms with Gasteiger partial charge < -0.3 is 10.2 Å². The predicted octanol–water partition coefficient (Wildman–Crippen LogP) is 3.55. The lowest BCUT2D eigenvalue weighted by Crippen LogP contribution is -2.27. The van der Waals surface area contributed by atoms with Crippen LogP contribution in [0.3, 0.4) is 0 Å². The van der Waals surface area contributed by atoms with Crippen molar-refractivity contribution in [2.45, 2.75) is 18.9 Å². The average Bonchev–Trinajstić information content (AvgIpc) is 2.94.